The first-order chi connectivity index (χ1) is 8.74. The van der Waals surface area contributed by atoms with Gasteiger partial charge < -0.3 is 20.5 Å². The lowest BCUT2D eigenvalue weighted by atomic mass is 10.2. The SMILES string of the molecule is CCCOc1cccc(N(CCC)CCO)c1N. The van der Waals surface area contributed by atoms with Crippen molar-refractivity contribution in [3.05, 3.63) is 18.2 Å². The molecule has 0 bridgehead atoms. The molecule has 0 aliphatic heterocycles. The second kappa shape index (κ2) is 7.82. The largest absolute Gasteiger partial charge is 0.491 e. The molecule has 0 saturated heterocycles. The van der Waals surface area contributed by atoms with Crippen LogP contribution >= 0.6 is 0 Å². The average molecular weight is 252 g/mol. The lowest BCUT2D eigenvalue weighted by molar-refractivity contribution is 0.301. The number of ether oxygens (including phenoxy) is 1. The molecule has 0 atom stereocenters. The maximum atomic E-state index is 9.11. The maximum Gasteiger partial charge on any atom is 0.144 e. The first-order valence-electron chi connectivity index (χ1n) is 6.61. The molecule has 3 N–H and O–H groups in total. The van der Waals surface area contributed by atoms with Crippen molar-refractivity contribution in [2.75, 3.05) is 36.9 Å². The fraction of sp³-hybridized carbons (Fsp3) is 0.571. The van der Waals surface area contributed by atoms with Gasteiger partial charge in [-0.2, -0.15) is 0 Å². The van der Waals surface area contributed by atoms with E-state index in [1.807, 2.05) is 18.2 Å². The molecular formula is C14H24N2O2. The molecule has 0 spiro atoms. The molecule has 0 heterocycles. The smallest absolute Gasteiger partial charge is 0.144 e. The summed E-state index contributed by atoms with van der Waals surface area (Å²) in [6.45, 7) is 6.44. The molecule has 1 aromatic rings. The van der Waals surface area contributed by atoms with Crippen LogP contribution in [0.15, 0.2) is 18.2 Å². The third kappa shape index (κ3) is 3.81. The number of aliphatic hydroxyl groups is 1. The summed E-state index contributed by atoms with van der Waals surface area (Å²) >= 11 is 0. The van der Waals surface area contributed by atoms with E-state index in [0.717, 1.165) is 30.8 Å². The first-order valence-corrected chi connectivity index (χ1v) is 6.61. The number of rotatable bonds is 8. The number of hydrogen-bond donors (Lipinski definition) is 2. The van der Waals surface area contributed by atoms with Crippen molar-refractivity contribution in [1.82, 2.24) is 0 Å². The monoisotopic (exact) mass is 252 g/mol. The van der Waals surface area contributed by atoms with Gasteiger partial charge in [0.05, 0.1) is 24.6 Å². The van der Waals surface area contributed by atoms with Crippen molar-refractivity contribution in [2.24, 2.45) is 0 Å². The lowest BCUT2D eigenvalue weighted by Crippen LogP contribution is -2.28. The Hall–Kier alpha value is -1.42. The summed E-state index contributed by atoms with van der Waals surface area (Å²) in [6.07, 6.45) is 1.97. The summed E-state index contributed by atoms with van der Waals surface area (Å²) < 4.78 is 5.62. The normalized spacial score (nSPS) is 10.4. The number of aliphatic hydroxyl groups excluding tert-OH is 1. The van der Waals surface area contributed by atoms with Crippen LogP contribution < -0.4 is 15.4 Å². The van der Waals surface area contributed by atoms with Crippen LogP contribution in [-0.2, 0) is 0 Å². The molecule has 1 rings (SSSR count). The quantitative estimate of drug-likeness (QED) is 0.697. The van der Waals surface area contributed by atoms with Crippen LogP contribution in [0.3, 0.4) is 0 Å². The topological polar surface area (TPSA) is 58.7 Å². The highest BCUT2D eigenvalue weighted by Gasteiger charge is 2.12. The number of nitrogens with two attached hydrogens (primary N) is 1. The van der Waals surface area contributed by atoms with Crippen LogP contribution in [0.4, 0.5) is 11.4 Å². The fourth-order valence-corrected chi connectivity index (χ4v) is 1.89. The standard InChI is InChI=1S/C14H24N2O2/c1-3-8-16(9-10-17)12-6-5-7-13(14(12)15)18-11-4-2/h5-7,17H,3-4,8-11,15H2,1-2H3. The van der Waals surface area contributed by atoms with Crippen molar-refractivity contribution in [2.45, 2.75) is 26.7 Å². The summed E-state index contributed by atoms with van der Waals surface area (Å²) in [5.74, 6) is 0.730. The zero-order valence-corrected chi connectivity index (χ0v) is 11.4. The van der Waals surface area contributed by atoms with Gasteiger partial charge in [-0.15, -0.1) is 0 Å². The molecule has 4 nitrogen and oxygen atoms in total. The van der Waals surface area contributed by atoms with Gasteiger partial charge in [0.2, 0.25) is 0 Å². The van der Waals surface area contributed by atoms with Gasteiger partial charge in [-0.05, 0) is 25.0 Å². The Kier molecular flexibility index (Phi) is 6.36. The minimum absolute atomic E-state index is 0.124. The number of nitrogens with zero attached hydrogens (tertiary/aromatic N) is 1. The van der Waals surface area contributed by atoms with Crippen molar-refractivity contribution in [3.8, 4) is 5.75 Å². The van der Waals surface area contributed by atoms with E-state index in [1.165, 1.54) is 0 Å². The van der Waals surface area contributed by atoms with Crippen molar-refractivity contribution < 1.29 is 9.84 Å². The summed E-state index contributed by atoms with van der Waals surface area (Å²) in [4.78, 5) is 2.09. The highest BCUT2D eigenvalue weighted by atomic mass is 16.5. The Morgan fingerprint density at radius 1 is 1.22 bits per heavy atom. The van der Waals surface area contributed by atoms with Gasteiger partial charge in [0, 0.05) is 13.1 Å². The fourth-order valence-electron chi connectivity index (χ4n) is 1.89. The number of benzene rings is 1. The lowest BCUT2D eigenvalue weighted by Gasteiger charge is -2.25. The molecule has 0 fully saturated rings. The third-order valence-electron chi connectivity index (χ3n) is 2.71. The molecule has 0 aromatic heterocycles. The zero-order chi connectivity index (χ0) is 13.4. The van der Waals surface area contributed by atoms with Gasteiger partial charge in [-0.1, -0.05) is 19.9 Å². The van der Waals surface area contributed by atoms with E-state index in [1.54, 1.807) is 0 Å². The highest BCUT2D eigenvalue weighted by Crippen LogP contribution is 2.32. The van der Waals surface area contributed by atoms with Gasteiger partial charge in [-0.3, -0.25) is 0 Å². The van der Waals surface area contributed by atoms with Gasteiger partial charge >= 0.3 is 0 Å². The molecular weight excluding hydrogens is 228 g/mol. The molecule has 0 saturated carbocycles. The first kappa shape index (κ1) is 14.6. The minimum atomic E-state index is 0.124. The summed E-state index contributed by atoms with van der Waals surface area (Å²) in [7, 11) is 0. The molecule has 102 valence electrons. The van der Waals surface area contributed by atoms with Crippen LogP contribution in [-0.4, -0.2) is 31.4 Å². The molecule has 18 heavy (non-hydrogen) atoms. The molecule has 0 unspecified atom stereocenters. The van der Waals surface area contributed by atoms with E-state index < -0.39 is 0 Å². The van der Waals surface area contributed by atoms with E-state index in [0.29, 0.717) is 18.8 Å². The van der Waals surface area contributed by atoms with Gasteiger partial charge in [0.15, 0.2) is 0 Å². The molecule has 0 aliphatic carbocycles. The number of anilines is 2. The zero-order valence-electron chi connectivity index (χ0n) is 11.4. The average Bonchev–Trinajstić information content (AvgIpc) is 2.37. The second-order valence-electron chi connectivity index (χ2n) is 4.25. The molecule has 0 radical (unpaired) electrons. The summed E-state index contributed by atoms with van der Waals surface area (Å²) in [5.41, 5.74) is 7.74. The van der Waals surface area contributed by atoms with E-state index in [9.17, 15) is 0 Å². The predicted molar refractivity (Wildman–Crippen MR) is 76.2 cm³/mol. The Morgan fingerprint density at radius 3 is 2.61 bits per heavy atom. The van der Waals surface area contributed by atoms with Crippen molar-refractivity contribution in [1.29, 1.82) is 0 Å². The van der Waals surface area contributed by atoms with E-state index in [2.05, 4.69) is 18.7 Å². The number of para-hydroxylation sites is 1. The predicted octanol–water partition coefficient (Wildman–Crippen LogP) is 2.27. The molecule has 0 amide bonds. The number of hydrogen-bond acceptors (Lipinski definition) is 4. The van der Waals surface area contributed by atoms with Gasteiger partial charge in [0.25, 0.3) is 0 Å². The maximum absolute atomic E-state index is 9.11. The van der Waals surface area contributed by atoms with Crippen LogP contribution in [0.2, 0.25) is 0 Å². The summed E-state index contributed by atoms with van der Waals surface area (Å²) in [6, 6.07) is 5.80. The Labute approximate surface area is 109 Å². The van der Waals surface area contributed by atoms with Crippen LogP contribution in [0.1, 0.15) is 26.7 Å². The van der Waals surface area contributed by atoms with Crippen LogP contribution in [0, 0.1) is 0 Å². The highest BCUT2D eigenvalue weighted by molar-refractivity contribution is 5.74. The molecule has 0 aliphatic rings. The second-order valence-corrected chi connectivity index (χ2v) is 4.25. The molecule has 4 heteroatoms. The van der Waals surface area contributed by atoms with E-state index in [-0.39, 0.29) is 6.61 Å². The van der Waals surface area contributed by atoms with Crippen molar-refractivity contribution >= 4 is 11.4 Å². The minimum Gasteiger partial charge on any atom is -0.491 e. The third-order valence-corrected chi connectivity index (χ3v) is 2.71. The Bertz CT molecular complexity index is 350. The van der Waals surface area contributed by atoms with Gasteiger partial charge in [-0.25, -0.2) is 0 Å². The Morgan fingerprint density at radius 2 is 2.00 bits per heavy atom. The number of nitrogen functional groups attached to an aromatic ring is 1. The Balaban J connectivity index is 2.91. The van der Waals surface area contributed by atoms with E-state index in [4.69, 9.17) is 15.6 Å². The van der Waals surface area contributed by atoms with E-state index >= 15 is 0 Å². The van der Waals surface area contributed by atoms with Crippen LogP contribution in [0.25, 0.3) is 0 Å². The molecule has 1 aromatic carbocycles. The van der Waals surface area contributed by atoms with Gasteiger partial charge in [0.1, 0.15) is 5.75 Å². The van der Waals surface area contributed by atoms with Crippen LogP contribution in [0.5, 0.6) is 5.75 Å². The van der Waals surface area contributed by atoms with Crippen molar-refractivity contribution in [3.63, 3.8) is 0 Å². The summed E-state index contributed by atoms with van der Waals surface area (Å²) in [5, 5.41) is 9.11.